The van der Waals surface area contributed by atoms with Gasteiger partial charge in [-0.05, 0) is 17.2 Å². The van der Waals surface area contributed by atoms with Crippen molar-refractivity contribution in [2.45, 2.75) is 13.0 Å². The highest BCUT2D eigenvalue weighted by atomic mass is 19.1. The molecule has 0 spiro atoms. The number of fused-ring (bicyclic) bond motifs is 3. The van der Waals surface area contributed by atoms with Gasteiger partial charge in [-0.15, -0.1) is 0 Å². The average molecular weight is 246 g/mol. The standard InChI is InChI=1S/C15H12F2O/c1-18-8-9-5-6-11-10-3-2-4-14(16)12(10)7-13(11)15(9)17/h2-6H,7-8H2,1H3. The van der Waals surface area contributed by atoms with Crippen LogP contribution in [0.15, 0.2) is 30.3 Å². The summed E-state index contributed by atoms with van der Waals surface area (Å²) in [6.45, 7) is 0.234. The minimum Gasteiger partial charge on any atom is -0.380 e. The van der Waals surface area contributed by atoms with Crippen LogP contribution in [0.5, 0.6) is 0 Å². The molecule has 0 atom stereocenters. The van der Waals surface area contributed by atoms with E-state index in [1.165, 1.54) is 13.2 Å². The van der Waals surface area contributed by atoms with E-state index in [0.717, 1.165) is 11.1 Å². The first-order chi connectivity index (χ1) is 8.72. The Morgan fingerprint density at radius 3 is 2.61 bits per heavy atom. The maximum atomic E-state index is 14.3. The summed E-state index contributed by atoms with van der Waals surface area (Å²) in [5, 5.41) is 0. The van der Waals surface area contributed by atoms with Crippen LogP contribution in [0.2, 0.25) is 0 Å². The Hall–Kier alpha value is -1.74. The Morgan fingerprint density at radius 1 is 1.06 bits per heavy atom. The molecule has 0 aromatic heterocycles. The number of hydrogen-bond acceptors (Lipinski definition) is 1. The molecular formula is C15H12F2O. The fraction of sp³-hybridized carbons (Fsp3) is 0.200. The van der Waals surface area contributed by atoms with Gasteiger partial charge in [-0.1, -0.05) is 24.3 Å². The van der Waals surface area contributed by atoms with Gasteiger partial charge < -0.3 is 4.74 Å². The van der Waals surface area contributed by atoms with Crippen LogP contribution in [0.1, 0.15) is 16.7 Å². The zero-order chi connectivity index (χ0) is 12.7. The molecule has 1 aliphatic carbocycles. The van der Waals surface area contributed by atoms with E-state index in [1.807, 2.05) is 12.1 Å². The number of benzene rings is 2. The lowest BCUT2D eigenvalue weighted by Gasteiger charge is -2.07. The first-order valence-corrected chi connectivity index (χ1v) is 5.79. The average Bonchev–Trinajstić information content (AvgIpc) is 2.74. The fourth-order valence-electron chi connectivity index (χ4n) is 2.53. The summed E-state index contributed by atoms with van der Waals surface area (Å²) in [7, 11) is 1.53. The highest BCUT2D eigenvalue weighted by Crippen LogP contribution is 2.39. The van der Waals surface area contributed by atoms with Crippen LogP contribution in [0.3, 0.4) is 0 Å². The van der Waals surface area contributed by atoms with E-state index in [-0.39, 0.29) is 18.2 Å². The summed E-state index contributed by atoms with van der Waals surface area (Å²) in [5.41, 5.74) is 3.27. The molecule has 0 fully saturated rings. The number of rotatable bonds is 2. The van der Waals surface area contributed by atoms with Gasteiger partial charge in [0.25, 0.3) is 0 Å². The lowest BCUT2D eigenvalue weighted by Crippen LogP contribution is -1.97. The first-order valence-electron chi connectivity index (χ1n) is 5.79. The monoisotopic (exact) mass is 246 g/mol. The summed E-state index contributed by atoms with van der Waals surface area (Å²) in [4.78, 5) is 0. The maximum absolute atomic E-state index is 14.3. The van der Waals surface area contributed by atoms with Crippen molar-refractivity contribution in [1.82, 2.24) is 0 Å². The van der Waals surface area contributed by atoms with Gasteiger partial charge in [-0.2, -0.15) is 0 Å². The summed E-state index contributed by atoms with van der Waals surface area (Å²) in [6.07, 6.45) is 0.320. The lowest BCUT2D eigenvalue weighted by atomic mass is 10.0. The molecule has 1 aliphatic rings. The van der Waals surface area contributed by atoms with Gasteiger partial charge in [-0.25, -0.2) is 8.78 Å². The molecule has 3 heteroatoms. The molecule has 0 saturated heterocycles. The third-order valence-electron chi connectivity index (χ3n) is 3.39. The van der Waals surface area contributed by atoms with E-state index in [9.17, 15) is 8.78 Å². The molecular weight excluding hydrogens is 234 g/mol. The van der Waals surface area contributed by atoms with Crippen LogP contribution >= 0.6 is 0 Å². The lowest BCUT2D eigenvalue weighted by molar-refractivity contribution is 0.181. The number of methoxy groups -OCH3 is 1. The number of hydrogen-bond donors (Lipinski definition) is 0. The first kappa shape index (κ1) is 11.4. The third kappa shape index (κ3) is 1.55. The van der Waals surface area contributed by atoms with Crippen molar-refractivity contribution in [2.75, 3.05) is 7.11 Å². The summed E-state index contributed by atoms with van der Waals surface area (Å²) >= 11 is 0. The smallest absolute Gasteiger partial charge is 0.132 e. The molecule has 0 radical (unpaired) electrons. The molecule has 0 heterocycles. The zero-order valence-corrected chi connectivity index (χ0v) is 9.97. The molecule has 0 N–H and O–H groups in total. The van der Waals surface area contributed by atoms with E-state index in [4.69, 9.17) is 4.74 Å². The molecule has 2 aromatic carbocycles. The third-order valence-corrected chi connectivity index (χ3v) is 3.39. The second-order valence-electron chi connectivity index (χ2n) is 4.44. The molecule has 18 heavy (non-hydrogen) atoms. The number of ether oxygens (including phenoxy) is 1. The molecule has 0 saturated carbocycles. The van der Waals surface area contributed by atoms with Gasteiger partial charge in [0.15, 0.2) is 0 Å². The Bertz CT molecular complexity index is 620. The number of halogens is 2. The SMILES string of the molecule is COCc1ccc2c(c1F)Cc1c(F)cccc1-2. The molecule has 0 amide bonds. The van der Waals surface area contributed by atoms with Gasteiger partial charge in [-0.3, -0.25) is 0 Å². The molecule has 3 rings (SSSR count). The van der Waals surface area contributed by atoms with Crippen molar-refractivity contribution < 1.29 is 13.5 Å². The minimum absolute atomic E-state index is 0.234. The molecule has 0 aliphatic heterocycles. The van der Waals surface area contributed by atoms with E-state index < -0.39 is 0 Å². The molecule has 2 aromatic rings. The highest BCUT2D eigenvalue weighted by Gasteiger charge is 2.25. The molecule has 92 valence electrons. The quantitative estimate of drug-likeness (QED) is 0.670. The van der Waals surface area contributed by atoms with Crippen LogP contribution in [0, 0.1) is 11.6 Å². The minimum atomic E-state index is -0.273. The van der Waals surface area contributed by atoms with Crippen LogP contribution in [-0.4, -0.2) is 7.11 Å². The van der Waals surface area contributed by atoms with Crippen LogP contribution in [0.4, 0.5) is 8.78 Å². The summed E-state index contributed by atoms with van der Waals surface area (Å²) < 4.78 is 32.9. The molecule has 0 unspecified atom stereocenters. The Kier molecular flexibility index (Phi) is 2.63. The fourth-order valence-corrected chi connectivity index (χ4v) is 2.53. The summed E-state index contributed by atoms with van der Waals surface area (Å²) in [6, 6.07) is 8.46. The van der Waals surface area contributed by atoms with E-state index in [0.29, 0.717) is 23.1 Å². The van der Waals surface area contributed by atoms with Crippen molar-refractivity contribution in [3.63, 3.8) is 0 Å². The molecule has 1 nitrogen and oxygen atoms in total. The normalized spacial score (nSPS) is 12.4. The highest BCUT2D eigenvalue weighted by molar-refractivity contribution is 5.77. The van der Waals surface area contributed by atoms with E-state index >= 15 is 0 Å². The Labute approximate surface area is 104 Å². The van der Waals surface area contributed by atoms with Crippen molar-refractivity contribution >= 4 is 0 Å². The van der Waals surface area contributed by atoms with Gasteiger partial charge in [0.1, 0.15) is 11.6 Å². The predicted octanol–water partition coefficient (Wildman–Crippen LogP) is 3.68. The van der Waals surface area contributed by atoms with E-state index in [2.05, 4.69) is 0 Å². The molecule has 0 bridgehead atoms. The van der Waals surface area contributed by atoms with Crippen LogP contribution in [0.25, 0.3) is 11.1 Å². The van der Waals surface area contributed by atoms with Crippen LogP contribution in [-0.2, 0) is 17.8 Å². The van der Waals surface area contributed by atoms with E-state index in [1.54, 1.807) is 12.1 Å². The summed E-state index contributed by atoms with van der Waals surface area (Å²) in [5.74, 6) is -0.540. The van der Waals surface area contributed by atoms with Crippen LogP contribution < -0.4 is 0 Å². The maximum Gasteiger partial charge on any atom is 0.132 e. The van der Waals surface area contributed by atoms with Gasteiger partial charge in [0.2, 0.25) is 0 Å². The second kappa shape index (κ2) is 4.18. The van der Waals surface area contributed by atoms with Gasteiger partial charge in [0, 0.05) is 30.2 Å². The van der Waals surface area contributed by atoms with Gasteiger partial charge >= 0.3 is 0 Å². The Morgan fingerprint density at radius 2 is 1.83 bits per heavy atom. The Balaban J connectivity index is 2.17. The second-order valence-corrected chi connectivity index (χ2v) is 4.44. The van der Waals surface area contributed by atoms with Crippen molar-refractivity contribution in [1.29, 1.82) is 0 Å². The topological polar surface area (TPSA) is 9.23 Å². The van der Waals surface area contributed by atoms with Crippen molar-refractivity contribution in [3.05, 3.63) is 58.7 Å². The predicted molar refractivity (Wildman–Crippen MR) is 65.3 cm³/mol. The van der Waals surface area contributed by atoms with Crippen molar-refractivity contribution in [2.24, 2.45) is 0 Å². The zero-order valence-electron chi connectivity index (χ0n) is 9.97. The largest absolute Gasteiger partial charge is 0.380 e. The van der Waals surface area contributed by atoms with Crippen molar-refractivity contribution in [3.8, 4) is 11.1 Å². The van der Waals surface area contributed by atoms with Gasteiger partial charge in [0.05, 0.1) is 6.61 Å².